The molecule has 0 radical (unpaired) electrons. The average Bonchev–Trinajstić information content (AvgIpc) is 3.07. The maximum atomic E-state index is 12.1. The van der Waals surface area contributed by atoms with Gasteiger partial charge >= 0.3 is 0 Å². The van der Waals surface area contributed by atoms with Gasteiger partial charge in [-0.2, -0.15) is 0 Å². The number of furan rings is 1. The van der Waals surface area contributed by atoms with Gasteiger partial charge in [-0.25, -0.2) is 12.7 Å². The maximum absolute atomic E-state index is 12.1. The van der Waals surface area contributed by atoms with Crippen molar-refractivity contribution < 1.29 is 12.8 Å². The molecule has 0 spiro atoms. The standard InChI is InChI=1S/C17H24N4O3S/c1-19(2)25(22,23)17-7-6-16(24-17)14-21-11-9-20(10-12-21)13-15-5-3-4-8-18-15/h3-8H,9-14H2,1-2H3. The summed E-state index contributed by atoms with van der Waals surface area (Å²) in [5, 5.41) is 0.00119. The SMILES string of the molecule is CN(C)S(=O)(=O)c1ccc(CN2CCN(Cc3ccccn3)CC2)o1. The summed E-state index contributed by atoms with van der Waals surface area (Å²) in [4.78, 5) is 9.02. The van der Waals surface area contributed by atoms with Crippen LogP contribution in [0.15, 0.2) is 46.0 Å². The van der Waals surface area contributed by atoms with Crippen LogP contribution in [0.1, 0.15) is 11.5 Å². The second-order valence-corrected chi connectivity index (χ2v) is 8.46. The summed E-state index contributed by atoms with van der Waals surface area (Å²) in [5.41, 5.74) is 1.08. The van der Waals surface area contributed by atoms with E-state index in [4.69, 9.17) is 4.42 Å². The largest absolute Gasteiger partial charge is 0.447 e. The topological polar surface area (TPSA) is 69.9 Å². The molecule has 3 rings (SSSR count). The summed E-state index contributed by atoms with van der Waals surface area (Å²) < 4.78 is 30.8. The molecule has 0 bridgehead atoms. The van der Waals surface area contributed by atoms with E-state index in [1.807, 2.05) is 24.4 Å². The lowest BCUT2D eigenvalue weighted by Gasteiger charge is -2.34. The normalized spacial score (nSPS) is 17.2. The highest BCUT2D eigenvalue weighted by molar-refractivity contribution is 7.88. The predicted molar refractivity (Wildman–Crippen MR) is 94.4 cm³/mol. The number of nitrogens with zero attached hydrogens (tertiary/aromatic N) is 4. The Balaban J connectivity index is 1.52. The molecular weight excluding hydrogens is 340 g/mol. The molecule has 0 aromatic carbocycles. The molecule has 2 aromatic rings. The highest BCUT2D eigenvalue weighted by Gasteiger charge is 2.23. The van der Waals surface area contributed by atoms with Gasteiger partial charge in [0.1, 0.15) is 5.76 Å². The third-order valence-corrected chi connectivity index (χ3v) is 6.02. The summed E-state index contributed by atoms with van der Waals surface area (Å²) in [6, 6.07) is 9.25. The molecule has 0 saturated carbocycles. The van der Waals surface area contributed by atoms with Crippen LogP contribution >= 0.6 is 0 Å². The van der Waals surface area contributed by atoms with Crippen LogP contribution in [0.3, 0.4) is 0 Å². The van der Waals surface area contributed by atoms with Crippen LogP contribution in [0.2, 0.25) is 0 Å². The molecule has 1 aliphatic heterocycles. The number of aromatic nitrogens is 1. The first-order chi connectivity index (χ1) is 11.9. The molecule has 0 N–H and O–H groups in total. The van der Waals surface area contributed by atoms with Crippen molar-refractivity contribution in [3.63, 3.8) is 0 Å². The van der Waals surface area contributed by atoms with Crippen molar-refractivity contribution in [3.8, 4) is 0 Å². The van der Waals surface area contributed by atoms with Crippen molar-refractivity contribution in [2.24, 2.45) is 0 Å². The average molecular weight is 364 g/mol. The fourth-order valence-corrected chi connectivity index (χ4v) is 3.62. The Morgan fingerprint density at radius 1 is 1.04 bits per heavy atom. The van der Waals surface area contributed by atoms with E-state index >= 15 is 0 Å². The number of pyridine rings is 1. The van der Waals surface area contributed by atoms with E-state index in [0.29, 0.717) is 12.3 Å². The lowest BCUT2D eigenvalue weighted by atomic mass is 10.2. The summed E-state index contributed by atoms with van der Waals surface area (Å²) in [5.74, 6) is 0.679. The number of hydrogen-bond donors (Lipinski definition) is 0. The molecule has 3 heterocycles. The molecule has 1 aliphatic rings. The third kappa shape index (κ3) is 4.46. The Labute approximate surface area is 148 Å². The molecular formula is C17H24N4O3S. The zero-order chi connectivity index (χ0) is 17.9. The van der Waals surface area contributed by atoms with Gasteiger partial charge in [-0.15, -0.1) is 0 Å². The van der Waals surface area contributed by atoms with Crippen LogP contribution in [0, 0.1) is 0 Å². The summed E-state index contributed by atoms with van der Waals surface area (Å²) in [6.45, 7) is 5.24. The number of hydrogen-bond acceptors (Lipinski definition) is 6. The van der Waals surface area contributed by atoms with Gasteiger partial charge in [0.25, 0.3) is 10.0 Å². The Hall–Kier alpha value is -1.74. The van der Waals surface area contributed by atoms with Crippen LogP contribution in [-0.2, 0) is 23.1 Å². The minimum atomic E-state index is -3.51. The lowest BCUT2D eigenvalue weighted by Crippen LogP contribution is -2.45. The van der Waals surface area contributed by atoms with Crippen molar-refractivity contribution in [2.75, 3.05) is 40.3 Å². The smallest absolute Gasteiger partial charge is 0.275 e. The minimum absolute atomic E-state index is 0.00119. The predicted octanol–water partition coefficient (Wildman–Crippen LogP) is 1.24. The zero-order valence-corrected chi connectivity index (χ0v) is 15.4. The molecule has 7 nitrogen and oxygen atoms in total. The second kappa shape index (κ2) is 7.65. The van der Waals surface area contributed by atoms with Gasteiger partial charge in [0.2, 0.25) is 5.09 Å². The molecule has 0 amide bonds. The lowest BCUT2D eigenvalue weighted by molar-refractivity contribution is 0.113. The van der Waals surface area contributed by atoms with Crippen molar-refractivity contribution >= 4 is 10.0 Å². The van der Waals surface area contributed by atoms with Crippen molar-refractivity contribution in [1.29, 1.82) is 0 Å². The summed E-state index contributed by atoms with van der Waals surface area (Å²) in [7, 11) is -0.511. The number of sulfonamides is 1. The molecule has 1 saturated heterocycles. The quantitative estimate of drug-likeness (QED) is 0.768. The second-order valence-electron chi connectivity index (χ2n) is 6.38. The van der Waals surface area contributed by atoms with E-state index in [9.17, 15) is 8.42 Å². The highest BCUT2D eigenvalue weighted by Crippen LogP contribution is 2.19. The van der Waals surface area contributed by atoms with Gasteiger partial charge in [-0.05, 0) is 24.3 Å². The fraction of sp³-hybridized carbons (Fsp3) is 0.471. The molecule has 0 aliphatic carbocycles. The number of piperazine rings is 1. The highest BCUT2D eigenvalue weighted by atomic mass is 32.2. The van der Waals surface area contributed by atoms with Gasteiger partial charge in [0, 0.05) is 53.0 Å². The third-order valence-electron chi connectivity index (χ3n) is 4.33. The molecule has 0 unspecified atom stereocenters. The molecule has 25 heavy (non-hydrogen) atoms. The van der Waals surface area contributed by atoms with Crippen molar-refractivity contribution in [1.82, 2.24) is 19.1 Å². The Morgan fingerprint density at radius 3 is 2.32 bits per heavy atom. The van der Waals surface area contributed by atoms with Gasteiger partial charge < -0.3 is 4.42 Å². The van der Waals surface area contributed by atoms with Gasteiger partial charge in [0.15, 0.2) is 0 Å². The Bertz CT molecular complexity index is 781. The monoisotopic (exact) mass is 364 g/mol. The van der Waals surface area contributed by atoms with E-state index in [1.165, 1.54) is 20.2 Å². The summed E-state index contributed by atoms with van der Waals surface area (Å²) >= 11 is 0. The molecule has 8 heteroatoms. The van der Waals surface area contributed by atoms with Crippen LogP contribution in [0.25, 0.3) is 0 Å². The minimum Gasteiger partial charge on any atom is -0.447 e. The van der Waals surface area contributed by atoms with Crippen LogP contribution < -0.4 is 0 Å². The van der Waals surface area contributed by atoms with Crippen molar-refractivity contribution in [2.45, 2.75) is 18.2 Å². The van der Waals surface area contributed by atoms with E-state index in [1.54, 1.807) is 6.07 Å². The van der Waals surface area contributed by atoms with Crippen molar-refractivity contribution in [3.05, 3.63) is 48.0 Å². The fourth-order valence-electron chi connectivity index (χ4n) is 2.81. The first-order valence-electron chi connectivity index (χ1n) is 8.31. The van der Waals surface area contributed by atoms with Gasteiger partial charge in [-0.3, -0.25) is 14.8 Å². The molecule has 136 valence electrons. The van der Waals surface area contributed by atoms with E-state index in [0.717, 1.165) is 42.7 Å². The maximum Gasteiger partial charge on any atom is 0.275 e. The first-order valence-corrected chi connectivity index (χ1v) is 9.75. The van der Waals surface area contributed by atoms with Crippen LogP contribution in [-0.4, -0.2) is 67.8 Å². The van der Waals surface area contributed by atoms with Gasteiger partial charge in [-0.1, -0.05) is 6.07 Å². The van der Waals surface area contributed by atoms with Gasteiger partial charge in [0.05, 0.1) is 12.2 Å². The van der Waals surface area contributed by atoms with Crippen LogP contribution in [0.5, 0.6) is 0 Å². The Morgan fingerprint density at radius 2 is 1.72 bits per heavy atom. The molecule has 0 atom stereocenters. The first kappa shape index (κ1) is 18.1. The van der Waals surface area contributed by atoms with E-state index in [2.05, 4.69) is 14.8 Å². The molecule has 2 aromatic heterocycles. The molecule has 1 fully saturated rings. The zero-order valence-electron chi connectivity index (χ0n) is 14.6. The van der Waals surface area contributed by atoms with Crippen LogP contribution in [0.4, 0.5) is 0 Å². The number of rotatable bonds is 6. The van der Waals surface area contributed by atoms with E-state index in [-0.39, 0.29) is 5.09 Å². The Kier molecular flexibility index (Phi) is 5.53. The van der Waals surface area contributed by atoms with E-state index < -0.39 is 10.0 Å². The summed E-state index contributed by atoms with van der Waals surface area (Å²) in [6.07, 6.45) is 1.82.